The molecule has 0 saturated heterocycles. The van der Waals surface area contributed by atoms with Crippen molar-refractivity contribution in [1.82, 2.24) is 24.1 Å². The van der Waals surface area contributed by atoms with E-state index in [0.717, 1.165) is 49.7 Å². The molecule has 0 fully saturated rings. The van der Waals surface area contributed by atoms with Gasteiger partial charge in [-0.2, -0.15) is 9.97 Å². The summed E-state index contributed by atoms with van der Waals surface area (Å²) in [4.78, 5) is 16.2. The summed E-state index contributed by atoms with van der Waals surface area (Å²) in [6.45, 7) is 0. The number of fused-ring (bicyclic) bond motifs is 2. The first kappa shape index (κ1) is 31.3. The molecule has 0 atom stereocenters. The van der Waals surface area contributed by atoms with Crippen LogP contribution in [-0.4, -0.2) is 24.1 Å². The van der Waals surface area contributed by atoms with Crippen LogP contribution in [0.15, 0.2) is 188 Å². The Bertz CT molecular complexity index is 3660. The fourth-order valence-corrected chi connectivity index (χ4v) is 9.70. The summed E-state index contributed by atoms with van der Waals surface area (Å²) in [5.74, 6) is 1.84. The van der Waals surface area contributed by atoms with Gasteiger partial charge in [-0.25, -0.2) is 4.98 Å². The standard InChI is InChI=1S/C53H31N5/c1-4-14-32(15-5-1)38-29-26-33-16-10-11-21-37(33)46(38)52-54-51(35-17-6-2-7-18-35)55-53(56-52)58-42-25-13-23-40-39-22-12-24-41-47(39)49-43(57(41)36-19-8-3-9-20-36)30-27-34-28-31-44(58)50(45(34)49)48(40)42/h1-31H. The maximum absolute atomic E-state index is 5.51. The van der Waals surface area contributed by atoms with Crippen LogP contribution in [0.25, 0.3) is 122 Å². The lowest BCUT2D eigenvalue weighted by Gasteiger charge is -2.16. The van der Waals surface area contributed by atoms with Gasteiger partial charge in [0.25, 0.3) is 0 Å². The Morgan fingerprint density at radius 2 is 0.862 bits per heavy atom. The lowest BCUT2D eigenvalue weighted by Crippen LogP contribution is -2.07. The highest BCUT2D eigenvalue weighted by Gasteiger charge is 2.28. The van der Waals surface area contributed by atoms with E-state index in [0.29, 0.717) is 17.6 Å². The van der Waals surface area contributed by atoms with Crippen molar-refractivity contribution in [1.29, 1.82) is 0 Å². The van der Waals surface area contributed by atoms with E-state index in [1.165, 1.54) is 54.5 Å². The largest absolute Gasteiger partial charge is 0.309 e. The molecule has 0 saturated carbocycles. The van der Waals surface area contributed by atoms with Crippen molar-refractivity contribution in [3.8, 4) is 56.7 Å². The molecule has 0 N–H and O–H groups in total. The predicted molar refractivity (Wildman–Crippen MR) is 239 cm³/mol. The van der Waals surface area contributed by atoms with Gasteiger partial charge in [0.1, 0.15) is 0 Å². The molecule has 0 aliphatic heterocycles. The lowest BCUT2D eigenvalue weighted by atomic mass is 9.93. The summed E-state index contributed by atoms with van der Waals surface area (Å²) >= 11 is 0. The molecule has 1 aliphatic carbocycles. The van der Waals surface area contributed by atoms with E-state index in [2.05, 4.69) is 179 Å². The summed E-state index contributed by atoms with van der Waals surface area (Å²) in [6, 6.07) is 67.0. The van der Waals surface area contributed by atoms with E-state index in [9.17, 15) is 0 Å². The Hall–Kier alpha value is -7.89. The normalized spacial score (nSPS) is 12.1. The minimum atomic E-state index is 0.584. The molecule has 0 amide bonds. The number of para-hydroxylation sites is 1. The summed E-state index contributed by atoms with van der Waals surface area (Å²) in [5.41, 5.74) is 12.2. The topological polar surface area (TPSA) is 48.5 Å². The van der Waals surface area contributed by atoms with Crippen LogP contribution in [0.3, 0.4) is 0 Å². The van der Waals surface area contributed by atoms with E-state index in [1.54, 1.807) is 0 Å². The third-order valence-electron chi connectivity index (χ3n) is 12.1. The predicted octanol–water partition coefficient (Wildman–Crippen LogP) is 13.4. The van der Waals surface area contributed by atoms with E-state index in [1.807, 2.05) is 18.2 Å². The van der Waals surface area contributed by atoms with Gasteiger partial charge in [0.15, 0.2) is 11.6 Å². The Morgan fingerprint density at radius 1 is 0.310 bits per heavy atom. The Morgan fingerprint density at radius 3 is 1.57 bits per heavy atom. The first-order chi connectivity index (χ1) is 28.8. The smallest absolute Gasteiger partial charge is 0.238 e. The molecule has 9 aromatic carbocycles. The quantitative estimate of drug-likeness (QED) is 0.177. The second-order valence-electron chi connectivity index (χ2n) is 15.1. The van der Waals surface area contributed by atoms with Gasteiger partial charge in [-0.15, -0.1) is 0 Å². The number of aromatic nitrogens is 5. The molecule has 0 bridgehead atoms. The summed E-state index contributed by atoms with van der Waals surface area (Å²) in [6.07, 6.45) is 0. The van der Waals surface area contributed by atoms with Crippen molar-refractivity contribution in [3.05, 3.63) is 188 Å². The molecule has 3 heterocycles. The SMILES string of the molecule is c1ccc(-c2nc(-c3c(-c4ccccc4)ccc4ccccc34)nc(-n3c4cccc5c4c4c6c(ccc7c6c6c-5cccc6n7-c5ccccc5)ccc43)n2)cc1. The highest BCUT2D eigenvalue weighted by molar-refractivity contribution is 6.38. The number of benzene rings is 9. The molecule has 5 nitrogen and oxygen atoms in total. The fraction of sp³-hybridized carbons (Fsp3) is 0. The van der Waals surface area contributed by atoms with Crippen LogP contribution < -0.4 is 0 Å². The third-order valence-corrected chi connectivity index (χ3v) is 12.1. The van der Waals surface area contributed by atoms with Crippen LogP contribution in [0.5, 0.6) is 0 Å². The van der Waals surface area contributed by atoms with Crippen LogP contribution in [0.2, 0.25) is 0 Å². The number of rotatable bonds is 5. The first-order valence-corrected chi connectivity index (χ1v) is 19.7. The molecular weight excluding hydrogens is 707 g/mol. The number of hydrogen-bond acceptors (Lipinski definition) is 3. The molecule has 12 aromatic rings. The molecule has 58 heavy (non-hydrogen) atoms. The van der Waals surface area contributed by atoms with Gasteiger partial charge in [0.2, 0.25) is 5.95 Å². The van der Waals surface area contributed by atoms with Crippen molar-refractivity contribution in [3.63, 3.8) is 0 Å². The van der Waals surface area contributed by atoms with Crippen molar-refractivity contribution in [2.45, 2.75) is 0 Å². The molecule has 5 heteroatoms. The minimum absolute atomic E-state index is 0.584. The van der Waals surface area contributed by atoms with Crippen LogP contribution in [0.1, 0.15) is 0 Å². The van der Waals surface area contributed by atoms with Gasteiger partial charge in [0.05, 0.1) is 22.1 Å². The van der Waals surface area contributed by atoms with Crippen LogP contribution in [0, 0.1) is 0 Å². The summed E-state index contributed by atoms with van der Waals surface area (Å²) < 4.78 is 4.70. The van der Waals surface area contributed by atoms with Crippen molar-refractivity contribution in [2.75, 3.05) is 0 Å². The molecule has 1 aliphatic rings. The van der Waals surface area contributed by atoms with E-state index in [-0.39, 0.29) is 0 Å². The zero-order valence-corrected chi connectivity index (χ0v) is 31.1. The highest BCUT2D eigenvalue weighted by atomic mass is 15.2. The lowest BCUT2D eigenvalue weighted by molar-refractivity contribution is 0.955. The van der Waals surface area contributed by atoms with Crippen LogP contribution in [0.4, 0.5) is 0 Å². The molecule has 13 rings (SSSR count). The average Bonchev–Trinajstić information content (AvgIpc) is 3.78. The minimum Gasteiger partial charge on any atom is -0.309 e. The van der Waals surface area contributed by atoms with Gasteiger partial charge in [0, 0.05) is 43.7 Å². The Kier molecular flexibility index (Phi) is 6.38. The molecule has 0 unspecified atom stereocenters. The molecule has 268 valence electrons. The van der Waals surface area contributed by atoms with Gasteiger partial charge in [-0.05, 0) is 74.8 Å². The van der Waals surface area contributed by atoms with Gasteiger partial charge < -0.3 is 4.57 Å². The van der Waals surface area contributed by atoms with Crippen molar-refractivity contribution in [2.24, 2.45) is 0 Å². The molecule has 0 spiro atoms. The third kappa shape index (κ3) is 4.27. The van der Waals surface area contributed by atoms with Gasteiger partial charge >= 0.3 is 0 Å². The maximum Gasteiger partial charge on any atom is 0.238 e. The van der Waals surface area contributed by atoms with Crippen molar-refractivity contribution >= 4 is 65.2 Å². The Balaban J connectivity index is 1.18. The van der Waals surface area contributed by atoms with E-state index < -0.39 is 0 Å². The zero-order valence-electron chi connectivity index (χ0n) is 31.1. The Labute approximate surface area is 332 Å². The van der Waals surface area contributed by atoms with E-state index in [4.69, 9.17) is 15.0 Å². The highest BCUT2D eigenvalue weighted by Crippen LogP contribution is 2.51. The summed E-state index contributed by atoms with van der Waals surface area (Å²) in [7, 11) is 0. The fourth-order valence-electron chi connectivity index (χ4n) is 9.70. The molecule has 3 aromatic heterocycles. The molecule has 0 radical (unpaired) electrons. The second-order valence-corrected chi connectivity index (χ2v) is 15.1. The van der Waals surface area contributed by atoms with Gasteiger partial charge in [-0.3, -0.25) is 4.57 Å². The first-order valence-electron chi connectivity index (χ1n) is 19.7. The van der Waals surface area contributed by atoms with Crippen LogP contribution in [-0.2, 0) is 0 Å². The zero-order chi connectivity index (χ0) is 37.9. The summed E-state index contributed by atoms with van der Waals surface area (Å²) in [5, 5.41) is 9.68. The monoisotopic (exact) mass is 737 g/mol. The van der Waals surface area contributed by atoms with Crippen molar-refractivity contribution < 1.29 is 0 Å². The van der Waals surface area contributed by atoms with Crippen LogP contribution >= 0.6 is 0 Å². The molecular formula is C53H31N5. The van der Waals surface area contributed by atoms with E-state index >= 15 is 0 Å². The number of nitrogens with zero attached hydrogens (tertiary/aromatic N) is 5. The average molecular weight is 738 g/mol. The maximum atomic E-state index is 5.51. The second kappa shape index (κ2) is 11.8. The van der Waals surface area contributed by atoms with Gasteiger partial charge in [-0.1, -0.05) is 152 Å². The number of hydrogen-bond donors (Lipinski definition) is 0.